The van der Waals surface area contributed by atoms with Gasteiger partial charge in [0.2, 0.25) is 5.91 Å². The monoisotopic (exact) mass is 159 g/mol. The van der Waals surface area contributed by atoms with Gasteiger partial charge in [-0.1, -0.05) is 0 Å². The van der Waals surface area contributed by atoms with Crippen molar-refractivity contribution in [3.8, 4) is 0 Å². The fourth-order valence-corrected chi connectivity index (χ4v) is 0.655. The highest BCUT2D eigenvalue weighted by atomic mass is 16.1. The first-order valence-electron chi connectivity index (χ1n) is 3.32. The Morgan fingerprint density at radius 3 is 2.36 bits per heavy atom. The number of nitrogens with two attached hydrogens (primary N) is 2. The molecule has 0 aliphatic rings. The summed E-state index contributed by atoms with van der Waals surface area (Å²) in [6, 6.07) is -0.598. The lowest BCUT2D eigenvalue weighted by Crippen LogP contribution is -2.45. The van der Waals surface area contributed by atoms with Gasteiger partial charge < -0.3 is 10.5 Å². The van der Waals surface area contributed by atoms with E-state index in [9.17, 15) is 9.59 Å². The molecule has 0 bridgehead atoms. The van der Waals surface area contributed by atoms with E-state index in [4.69, 9.17) is 11.6 Å². The molecule has 0 saturated carbocycles. The van der Waals surface area contributed by atoms with Crippen molar-refractivity contribution in [1.82, 2.24) is 5.43 Å². The van der Waals surface area contributed by atoms with E-state index in [0.29, 0.717) is 12.8 Å². The van der Waals surface area contributed by atoms with Crippen molar-refractivity contribution in [2.24, 2.45) is 11.6 Å². The Labute approximate surface area is 65.1 Å². The summed E-state index contributed by atoms with van der Waals surface area (Å²) in [4.78, 5) is 21.0. The molecule has 0 aromatic heterocycles. The molecule has 0 fully saturated rings. The predicted molar refractivity (Wildman–Crippen MR) is 40.2 cm³/mol. The van der Waals surface area contributed by atoms with E-state index in [2.05, 4.69) is 5.43 Å². The standard InChI is InChI=1S/C6H13N3O2/c1-4(10)2-3-5(9-8)6(7)11/h5,9H,2-3,8H2,1H3,(H2,7,11)/t5-/m1/s1. The summed E-state index contributed by atoms with van der Waals surface area (Å²) in [6.07, 6.45) is 0.680. The second kappa shape index (κ2) is 4.81. The third kappa shape index (κ3) is 4.46. The highest BCUT2D eigenvalue weighted by Gasteiger charge is 2.12. The third-order valence-electron chi connectivity index (χ3n) is 1.33. The second-order valence-electron chi connectivity index (χ2n) is 2.36. The molecule has 0 aromatic rings. The van der Waals surface area contributed by atoms with Crippen molar-refractivity contribution in [3.63, 3.8) is 0 Å². The molecule has 5 nitrogen and oxygen atoms in total. The largest absolute Gasteiger partial charge is 0.368 e. The van der Waals surface area contributed by atoms with E-state index in [1.165, 1.54) is 6.92 Å². The minimum absolute atomic E-state index is 0.0199. The van der Waals surface area contributed by atoms with Crippen LogP contribution in [0.4, 0.5) is 0 Å². The maximum absolute atomic E-state index is 10.5. The first-order valence-corrected chi connectivity index (χ1v) is 3.32. The third-order valence-corrected chi connectivity index (χ3v) is 1.33. The predicted octanol–water partition coefficient (Wildman–Crippen LogP) is -1.33. The van der Waals surface area contributed by atoms with Gasteiger partial charge >= 0.3 is 0 Å². The lowest BCUT2D eigenvalue weighted by Gasteiger charge is -2.09. The van der Waals surface area contributed by atoms with Crippen LogP contribution in [0.25, 0.3) is 0 Å². The van der Waals surface area contributed by atoms with Crippen LogP contribution in [-0.2, 0) is 9.59 Å². The first-order chi connectivity index (χ1) is 5.07. The van der Waals surface area contributed by atoms with Gasteiger partial charge in [-0.25, -0.2) is 5.43 Å². The highest BCUT2D eigenvalue weighted by Crippen LogP contribution is 1.95. The van der Waals surface area contributed by atoms with Crippen molar-refractivity contribution in [3.05, 3.63) is 0 Å². The summed E-state index contributed by atoms with van der Waals surface area (Å²) < 4.78 is 0. The molecule has 1 atom stereocenters. The molecule has 0 radical (unpaired) electrons. The van der Waals surface area contributed by atoms with Crippen LogP contribution in [0.5, 0.6) is 0 Å². The Bertz CT molecular complexity index is 158. The SMILES string of the molecule is CC(=O)CC[C@@H](NN)C(N)=O. The molecule has 0 saturated heterocycles. The normalized spacial score (nSPS) is 12.5. The van der Waals surface area contributed by atoms with E-state index in [-0.39, 0.29) is 5.78 Å². The van der Waals surface area contributed by atoms with Crippen molar-refractivity contribution in [2.75, 3.05) is 0 Å². The summed E-state index contributed by atoms with van der Waals surface area (Å²) in [5, 5.41) is 0. The van der Waals surface area contributed by atoms with Gasteiger partial charge in [-0.15, -0.1) is 0 Å². The van der Waals surface area contributed by atoms with Gasteiger partial charge in [-0.3, -0.25) is 10.6 Å². The summed E-state index contributed by atoms with van der Waals surface area (Å²) in [7, 11) is 0. The van der Waals surface area contributed by atoms with Gasteiger partial charge in [0, 0.05) is 6.42 Å². The maximum atomic E-state index is 10.5. The minimum atomic E-state index is -0.598. The van der Waals surface area contributed by atoms with Crippen molar-refractivity contribution in [2.45, 2.75) is 25.8 Å². The van der Waals surface area contributed by atoms with Crippen LogP contribution in [0.2, 0.25) is 0 Å². The molecule has 0 unspecified atom stereocenters. The smallest absolute Gasteiger partial charge is 0.235 e. The molecule has 0 aliphatic heterocycles. The topological polar surface area (TPSA) is 98.2 Å². The van der Waals surface area contributed by atoms with E-state index >= 15 is 0 Å². The molecule has 0 aliphatic carbocycles. The number of carbonyl (C=O) groups excluding carboxylic acids is 2. The Morgan fingerprint density at radius 2 is 2.09 bits per heavy atom. The maximum Gasteiger partial charge on any atom is 0.235 e. The molecule has 0 heterocycles. The molecule has 64 valence electrons. The average Bonchev–Trinajstić information content (AvgIpc) is 1.87. The highest BCUT2D eigenvalue weighted by molar-refractivity contribution is 5.81. The minimum Gasteiger partial charge on any atom is -0.368 e. The van der Waals surface area contributed by atoms with Gasteiger partial charge in [0.05, 0.1) is 6.04 Å². The summed E-state index contributed by atoms with van der Waals surface area (Å²) >= 11 is 0. The molecular weight excluding hydrogens is 146 g/mol. The number of hydrazine groups is 1. The summed E-state index contributed by atoms with van der Waals surface area (Å²) in [5.74, 6) is 4.48. The lowest BCUT2D eigenvalue weighted by molar-refractivity contribution is -0.120. The number of primary amides is 1. The number of amides is 1. The number of Topliss-reactive ketones (excluding diaryl/α,β-unsaturated/α-hetero) is 1. The number of hydrogen-bond donors (Lipinski definition) is 3. The van der Waals surface area contributed by atoms with Gasteiger partial charge in [-0.05, 0) is 13.3 Å². The molecule has 0 rings (SSSR count). The number of hydrogen-bond acceptors (Lipinski definition) is 4. The van der Waals surface area contributed by atoms with Crippen LogP contribution in [-0.4, -0.2) is 17.7 Å². The van der Waals surface area contributed by atoms with Crippen LogP contribution in [0.15, 0.2) is 0 Å². The molecule has 1 amide bonds. The Balaban J connectivity index is 3.70. The Morgan fingerprint density at radius 1 is 1.55 bits per heavy atom. The Hall–Kier alpha value is -0.940. The average molecular weight is 159 g/mol. The number of ketones is 1. The summed E-state index contributed by atoms with van der Waals surface area (Å²) in [6.45, 7) is 1.45. The quantitative estimate of drug-likeness (QED) is 0.342. The molecule has 0 aromatic carbocycles. The van der Waals surface area contributed by atoms with Gasteiger partial charge in [0.1, 0.15) is 5.78 Å². The van der Waals surface area contributed by atoms with Gasteiger partial charge in [0.15, 0.2) is 0 Å². The van der Waals surface area contributed by atoms with Crippen LogP contribution in [0.3, 0.4) is 0 Å². The zero-order valence-corrected chi connectivity index (χ0v) is 6.46. The van der Waals surface area contributed by atoms with Gasteiger partial charge in [-0.2, -0.15) is 0 Å². The molecular formula is C6H13N3O2. The van der Waals surface area contributed by atoms with Crippen LogP contribution < -0.4 is 17.0 Å². The number of nitrogens with one attached hydrogen (secondary N) is 1. The summed E-state index contributed by atoms with van der Waals surface area (Å²) in [5.41, 5.74) is 7.17. The van der Waals surface area contributed by atoms with E-state index < -0.39 is 11.9 Å². The van der Waals surface area contributed by atoms with Crippen molar-refractivity contribution in [1.29, 1.82) is 0 Å². The van der Waals surface area contributed by atoms with Crippen LogP contribution in [0, 0.1) is 0 Å². The van der Waals surface area contributed by atoms with Crippen molar-refractivity contribution < 1.29 is 9.59 Å². The van der Waals surface area contributed by atoms with Crippen molar-refractivity contribution >= 4 is 11.7 Å². The fourth-order valence-electron chi connectivity index (χ4n) is 0.655. The first kappa shape index (κ1) is 10.1. The van der Waals surface area contributed by atoms with E-state index in [0.717, 1.165) is 0 Å². The molecule has 11 heavy (non-hydrogen) atoms. The van der Waals surface area contributed by atoms with Gasteiger partial charge in [0.25, 0.3) is 0 Å². The fraction of sp³-hybridized carbons (Fsp3) is 0.667. The van der Waals surface area contributed by atoms with Crippen LogP contribution >= 0.6 is 0 Å². The molecule has 5 N–H and O–H groups in total. The zero-order valence-electron chi connectivity index (χ0n) is 6.46. The van der Waals surface area contributed by atoms with Crippen LogP contribution in [0.1, 0.15) is 19.8 Å². The molecule has 0 spiro atoms. The second-order valence-corrected chi connectivity index (χ2v) is 2.36. The Kier molecular flexibility index (Phi) is 4.40. The lowest BCUT2D eigenvalue weighted by atomic mass is 10.1. The number of carbonyl (C=O) groups is 2. The number of rotatable bonds is 5. The van der Waals surface area contributed by atoms with E-state index in [1.807, 2.05) is 0 Å². The zero-order chi connectivity index (χ0) is 8.85. The molecule has 5 heteroatoms. The van der Waals surface area contributed by atoms with E-state index in [1.54, 1.807) is 0 Å².